The first kappa shape index (κ1) is 18.4. The monoisotopic (exact) mass is 409 g/mol. The summed E-state index contributed by atoms with van der Waals surface area (Å²) in [5.74, 6) is 1.66. The Balaban J connectivity index is 1.69. The molecule has 0 atom stereocenters. The average molecular weight is 410 g/mol. The lowest BCUT2D eigenvalue weighted by Crippen LogP contribution is -2.31. The van der Waals surface area contributed by atoms with Crippen molar-refractivity contribution < 1.29 is 22.6 Å². The topological polar surface area (TPSA) is 65.1 Å². The minimum Gasteiger partial charge on any atom is -0.497 e. The molecule has 27 heavy (non-hydrogen) atoms. The molecule has 0 bridgehead atoms. The number of aryl methyl sites for hydroxylation is 1. The highest BCUT2D eigenvalue weighted by molar-refractivity contribution is 7.89. The number of sulfonamides is 1. The van der Waals surface area contributed by atoms with Crippen LogP contribution in [0.2, 0.25) is 5.02 Å². The van der Waals surface area contributed by atoms with Crippen molar-refractivity contribution in [2.24, 2.45) is 0 Å². The second kappa shape index (κ2) is 7.22. The van der Waals surface area contributed by atoms with Gasteiger partial charge in [0.2, 0.25) is 10.0 Å². The molecule has 2 aliphatic heterocycles. The fourth-order valence-corrected chi connectivity index (χ4v) is 5.38. The molecule has 2 aromatic carbocycles. The lowest BCUT2D eigenvalue weighted by Gasteiger charge is -2.24. The first-order chi connectivity index (χ1) is 13.0. The summed E-state index contributed by atoms with van der Waals surface area (Å²) < 4.78 is 44.4. The SMILES string of the molecule is COc1ccc2c(c1)CCCN(S(=O)(=O)c1cc3c(cc1Cl)OCCO3)C2. The first-order valence-corrected chi connectivity index (χ1v) is 10.6. The number of nitrogens with zero attached hydrogens (tertiary/aromatic N) is 1. The van der Waals surface area contributed by atoms with Crippen LogP contribution in [-0.4, -0.2) is 39.6 Å². The molecule has 0 amide bonds. The molecule has 0 saturated heterocycles. The van der Waals surface area contributed by atoms with Crippen LogP contribution in [0.4, 0.5) is 0 Å². The normalized spacial score (nSPS) is 17.1. The predicted octanol–water partition coefficient (Wildman–Crippen LogP) is 3.26. The van der Waals surface area contributed by atoms with Crippen molar-refractivity contribution in [3.05, 3.63) is 46.5 Å². The maximum Gasteiger partial charge on any atom is 0.245 e. The van der Waals surface area contributed by atoms with Gasteiger partial charge in [-0.1, -0.05) is 17.7 Å². The fourth-order valence-electron chi connectivity index (χ4n) is 3.42. The molecule has 2 aromatic rings. The van der Waals surface area contributed by atoms with Gasteiger partial charge in [-0.05, 0) is 36.1 Å². The van der Waals surface area contributed by atoms with Gasteiger partial charge in [-0.2, -0.15) is 4.31 Å². The maximum absolute atomic E-state index is 13.3. The Morgan fingerprint density at radius 2 is 1.81 bits per heavy atom. The molecule has 0 spiro atoms. The molecule has 0 saturated carbocycles. The minimum atomic E-state index is -3.77. The summed E-state index contributed by atoms with van der Waals surface area (Å²) in [6.45, 7) is 1.52. The molecule has 2 aliphatic rings. The van der Waals surface area contributed by atoms with Gasteiger partial charge < -0.3 is 14.2 Å². The molecule has 0 aromatic heterocycles. The van der Waals surface area contributed by atoms with Crippen molar-refractivity contribution in [1.82, 2.24) is 4.31 Å². The van der Waals surface area contributed by atoms with Gasteiger partial charge in [0.25, 0.3) is 0 Å². The second-order valence-electron chi connectivity index (χ2n) is 6.50. The predicted molar refractivity (Wildman–Crippen MR) is 101 cm³/mol. The van der Waals surface area contributed by atoms with E-state index in [-0.39, 0.29) is 9.92 Å². The van der Waals surface area contributed by atoms with Gasteiger partial charge in [0.15, 0.2) is 11.5 Å². The van der Waals surface area contributed by atoms with Crippen LogP contribution >= 0.6 is 11.6 Å². The van der Waals surface area contributed by atoms with E-state index in [2.05, 4.69) is 0 Å². The summed E-state index contributed by atoms with van der Waals surface area (Å²) in [6, 6.07) is 8.73. The largest absolute Gasteiger partial charge is 0.497 e. The maximum atomic E-state index is 13.3. The van der Waals surface area contributed by atoms with E-state index in [1.807, 2.05) is 18.2 Å². The van der Waals surface area contributed by atoms with Crippen molar-refractivity contribution in [3.63, 3.8) is 0 Å². The quantitative estimate of drug-likeness (QED) is 0.778. The summed E-state index contributed by atoms with van der Waals surface area (Å²) in [5.41, 5.74) is 2.09. The lowest BCUT2D eigenvalue weighted by molar-refractivity contribution is 0.171. The van der Waals surface area contributed by atoms with Gasteiger partial charge in [-0.3, -0.25) is 0 Å². The van der Waals surface area contributed by atoms with Crippen molar-refractivity contribution >= 4 is 21.6 Å². The number of methoxy groups -OCH3 is 1. The van der Waals surface area contributed by atoms with Crippen LogP contribution < -0.4 is 14.2 Å². The van der Waals surface area contributed by atoms with E-state index in [0.29, 0.717) is 37.8 Å². The highest BCUT2D eigenvalue weighted by atomic mass is 35.5. The van der Waals surface area contributed by atoms with Gasteiger partial charge in [0.1, 0.15) is 23.9 Å². The molecule has 4 rings (SSSR count). The minimum absolute atomic E-state index is 0.0466. The number of ether oxygens (including phenoxy) is 3. The van der Waals surface area contributed by atoms with Gasteiger partial charge in [-0.15, -0.1) is 0 Å². The number of fused-ring (bicyclic) bond motifs is 2. The summed E-state index contributed by atoms with van der Waals surface area (Å²) in [4.78, 5) is 0.0466. The van der Waals surface area contributed by atoms with Crippen molar-refractivity contribution in [3.8, 4) is 17.2 Å². The summed E-state index contributed by atoms with van der Waals surface area (Å²) in [7, 11) is -2.15. The van der Waals surface area contributed by atoms with Crippen LogP contribution in [0.25, 0.3) is 0 Å². The van der Waals surface area contributed by atoms with Crippen LogP contribution in [0.3, 0.4) is 0 Å². The van der Waals surface area contributed by atoms with E-state index >= 15 is 0 Å². The molecule has 2 heterocycles. The Hall–Kier alpha value is -1.96. The van der Waals surface area contributed by atoms with Crippen molar-refractivity contribution in [2.75, 3.05) is 26.9 Å². The smallest absolute Gasteiger partial charge is 0.245 e. The number of benzene rings is 2. The van der Waals surface area contributed by atoms with Crippen molar-refractivity contribution in [1.29, 1.82) is 0 Å². The number of hydrogen-bond donors (Lipinski definition) is 0. The number of rotatable bonds is 3. The summed E-state index contributed by atoms with van der Waals surface area (Å²) in [5, 5.41) is 0.137. The van der Waals surface area contributed by atoms with Crippen LogP contribution in [0.1, 0.15) is 17.5 Å². The van der Waals surface area contributed by atoms with Gasteiger partial charge >= 0.3 is 0 Å². The molecular formula is C19H20ClNO5S. The van der Waals surface area contributed by atoms with E-state index in [9.17, 15) is 8.42 Å². The highest BCUT2D eigenvalue weighted by Gasteiger charge is 2.31. The van der Waals surface area contributed by atoms with Gasteiger partial charge in [-0.25, -0.2) is 8.42 Å². The fraction of sp³-hybridized carbons (Fsp3) is 0.368. The van der Waals surface area contributed by atoms with E-state index in [4.69, 9.17) is 25.8 Å². The van der Waals surface area contributed by atoms with Gasteiger partial charge in [0.05, 0.1) is 12.1 Å². The van der Waals surface area contributed by atoms with E-state index in [0.717, 1.165) is 29.7 Å². The van der Waals surface area contributed by atoms with E-state index in [1.165, 1.54) is 16.4 Å². The molecule has 0 unspecified atom stereocenters. The Morgan fingerprint density at radius 3 is 2.56 bits per heavy atom. The molecule has 8 heteroatoms. The zero-order chi connectivity index (χ0) is 19.0. The molecule has 0 aliphatic carbocycles. The highest BCUT2D eigenvalue weighted by Crippen LogP contribution is 2.39. The third-order valence-corrected chi connectivity index (χ3v) is 7.14. The van der Waals surface area contributed by atoms with E-state index < -0.39 is 10.0 Å². The summed E-state index contributed by atoms with van der Waals surface area (Å²) >= 11 is 6.29. The lowest BCUT2D eigenvalue weighted by atomic mass is 10.0. The van der Waals surface area contributed by atoms with Crippen LogP contribution in [-0.2, 0) is 23.0 Å². The Labute approximate surface area is 163 Å². The Bertz CT molecular complexity index is 976. The molecule has 0 radical (unpaired) electrons. The van der Waals surface area contributed by atoms with Crippen LogP contribution in [0.15, 0.2) is 35.2 Å². The second-order valence-corrected chi connectivity index (χ2v) is 8.82. The zero-order valence-electron chi connectivity index (χ0n) is 14.9. The number of halogens is 1. The molecule has 0 N–H and O–H groups in total. The van der Waals surface area contributed by atoms with Crippen molar-refractivity contribution in [2.45, 2.75) is 24.3 Å². The third-order valence-electron chi connectivity index (χ3n) is 4.83. The molecule has 6 nitrogen and oxygen atoms in total. The summed E-state index contributed by atoms with van der Waals surface area (Å²) in [6.07, 6.45) is 1.52. The molecule has 0 fully saturated rings. The van der Waals surface area contributed by atoms with E-state index in [1.54, 1.807) is 7.11 Å². The zero-order valence-corrected chi connectivity index (χ0v) is 16.5. The van der Waals surface area contributed by atoms with Crippen LogP contribution in [0.5, 0.6) is 17.2 Å². The average Bonchev–Trinajstić information content (AvgIpc) is 2.89. The third kappa shape index (κ3) is 3.47. The molecule has 144 valence electrons. The van der Waals surface area contributed by atoms with Crippen LogP contribution in [0, 0.1) is 0 Å². The number of hydrogen-bond acceptors (Lipinski definition) is 5. The van der Waals surface area contributed by atoms with Gasteiger partial charge in [0, 0.05) is 25.2 Å². The Kier molecular flexibility index (Phi) is 4.92. The Morgan fingerprint density at radius 1 is 1.07 bits per heavy atom. The molecular weight excluding hydrogens is 390 g/mol. The first-order valence-electron chi connectivity index (χ1n) is 8.74. The standard InChI is InChI=1S/C19H20ClNO5S/c1-24-15-5-4-14-12-21(6-2-3-13(14)9-15)27(22,23)19-11-18-17(10-16(19)20)25-7-8-26-18/h4-5,9-11H,2-3,6-8,12H2,1H3.